The Morgan fingerprint density at radius 1 is 1.36 bits per heavy atom. The van der Waals surface area contributed by atoms with Gasteiger partial charge >= 0.3 is 0 Å². The number of halogens is 1. The van der Waals surface area contributed by atoms with Gasteiger partial charge in [-0.3, -0.25) is 0 Å². The molecule has 1 rings (SSSR count). The molecule has 0 radical (unpaired) electrons. The van der Waals surface area contributed by atoms with Crippen LogP contribution in [-0.2, 0) is 0 Å². The summed E-state index contributed by atoms with van der Waals surface area (Å²) in [6.07, 6.45) is 10.1. The number of anilines is 1. The molecule has 0 fully saturated rings. The third-order valence-corrected chi connectivity index (χ3v) is 1.65. The van der Waals surface area contributed by atoms with E-state index in [1.165, 1.54) is 0 Å². The smallest absolute Gasteiger partial charge is 0.222 e. The Morgan fingerprint density at radius 2 is 2.07 bits per heavy atom. The molecule has 0 spiro atoms. The first-order chi connectivity index (χ1) is 6.83. The number of nitrogens with one attached hydrogen (secondary N) is 1. The Kier molecular flexibility index (Phi) is 4.42. The van der Waals surface area contributed by atoms with E-state index in [2.05, 4.69) is 21.2 Å². The van der Waals surface area contributed by atoms with Gasteiger partial charge in [0.05, 0.1) is 12.4 Å². The van der Waals surface area contributed by atoms with E-state index < -0.39 is 5.82 Å². The van der Waals surface area contributed by atoms with Gasteiger partial charge in [-0.1, -0.05) is 0 Å². The molecule has 1 heterocycles. The number of hydrogen-bond acceptors (Lipinski definition) is 3. The molecule has 0 saturated carbocycles. The van der Waals surface area contributed by atoms with Crippen LogP contribution in [0.5, 0.6) is 0 Å². The van der Waals surface area contributed by atoms with Gasteiger partial charge < -0.3 is 5.32 Å². The molecule has 0 aromatic carbocycles. The fourth-order valence-corrected chi connectivity index (χ4v) is 0.956. The highest BCUT2D eigenvalue weighted by Gasteiger charge is 1.94. The second-order valence-electron chi connectivity index (χ2n) is 2.81. The molecule has 0 amide bonds. The average Bonchev–Trinajstić information content (AvgIpc) is 2.21. The van der Waals surface area contributed by atoms with E-state index in [0.717, 1.165) is 38.2 Å². The third-order valence-electron chi connectivity index (χ3n) is 1.65. The van der Waals surface area contributed by atoms with E-state index in [1.54, 1.807) is 0 Å². The van der Waals surface area contributed by atoms with Crippen LogP contribution in [0.3, 0.4) is 0 Å². The van der Waals surface area contributed by atoms with E-state index in [0.29, 0.717) is 5.95 Å². The quantitative estimate of drug-likeness (QED) is 0.572. The van der Waals surface area contributed by atoms with Gasteiger partial charge in [-0.15, -0.1) is 12.3 Å². The molecule has 1 N–H and O–H groups in total. The van der Waals surface area contributed by atoms with Crippen LogP contribution in [0.4, 0.5) is 10.3 Å². The number of terminal acetylenes is 1. The standard InChI is InChI=1S/C10H12FN3/c1-2-3-4-5-6-12-10-13-7-9(11)8-14-10/h1,7-8H,3-6H2,(H,12,13,14). The lowest BCUT2D eigenvalue weighted by Gasteiger charge is -2.02. The minimum Gasteiger partial charge on any atom is -0.354 e. The van der Waals surface area contributed by atoms with Crippen molar-refractivity contribution >= 4 is 5.95 Å². The number of rotatable bonds is 5. The Labute approximate surface area is 82.8 Å². The Balaban J connectivity index is 2.19. The SMILES string of the molecule is C#CCCCCNc1ncc(F)cn1. The highest BCUT2D eigenvalue weighted by Crippen LogP contribution is 1.99. The summed E-state index contributed by atoms with van der Waals surface area (Å²) in [5, 5.41) is 2.97. The molecule has 4 heteroatoms. The van der Waals surface area contributed by atoms with E-state index in [1.807, 2.05) is 0 Å². The zero-order valence-corrected chi connectivity index (χ0v) is 7.83. The summed E-state index contributed by atoms with van der Waals surface area (Å²) < 4.78 is 12.4. The van der Waals surface area contributed by atoms with Gasteiger partial charge in [0, 0.05) is 13.0 Å². The highest BCUT2D eigenvalue weighted by molar-refractivity contribution is 5.21. The van der Waals surface area contributed by atoms with Crippen LogP contribution in [0, 0.1) is 18.2 Å². The van der Waals surface area contributed by atoms with Crippen molar-refractivity contribution in [2.24, 2.45) is 0 Å². The Morgan fingerprint density at radius 3 is 2.71 bits per heavy atom. The molecule has 0 aliphatic rings. The predicted octanol–water partition coefficient (Wildman–Crippen LogP) is 1.83. The summed E-state index contributed by atoms with van der Waals surface area (Å²) in [5.74, 6) is 2.59. The van der Waals surface area contributed by atoms with Crippen LogP contribution in [-0.4, -0.2) is 16.5 Å². The maximum Gasteiger partial charge on any atom is 0.222 e. The first-order valence-corrected chi connectivity index (χ1v) is 4.48. The summed E-state index contributed by atoms with van der Waals surface area (Å²) in [6, 6.07) is 0. The summed E-state index contributed by atoms with van der Waals surface area (Å²) in [7, 11) is 0. The predicted molar refractivity (Wildman–Crippen MR) is 53.2 cm³/mol. The van der Waals surface area contributed by atoms with Crippen molar-refractivity contribution in [3.8, 4) is 12.3 Å². The summed E-state index contributed by atoms with van der Waals surface area (Å²) >= 11 is 0. The number of nitrogens with zero attached hydrogens (tertiary/aromatic N) is 2. The van der Waals surface area contributed by atoms with Crippen molar-refractivity contribution in [1.29, 1.82) is 0 Å². The molecule has 74 valence electrons. The topological polar surface area (TPSA) is 37.8 Å². The molecule has 0 unspecified atom stereocenters. The van der Waals surface area contributed by atoms with Crippen molar-refractivity contribution in [3.05, 3.63) is 18.2 Å². The fourth-order valence-electron chi connectivity index (χ4n) is 0.956. The second-order valence-corrected chi connectivity index (χ2v) is 2.81. The Bertz CT molecular complexity index is 302. The van der Waals surface area contributed by atoms with Gasteiger partial charge in [0.1, 0.15) is 0 Å². The van der Waals surface area contributed by atoms with E-state index in [-0.39, 0.29) is 0 Å². The number of aromatic nitrogens is 2. The first-order valence-electron chi connectivity index (χ1n) is 4.48. The molecule has 0 saturated heterocycles. The molecule has 1 aromatic heterocycles. The molecule has 3 nitrogen and oxygen atoms in total. The molecular weight excluding hydrogens is 181 g/mol. The molecule has 0 aliphatic heterocycles. The lowest BCUT2D eigenvalue weighted by atomic mass is 10.2. The van der Waals surface area contributed by atoms with Gasteiger partial charge in [-0.05, 0) is 12.8 Å². The molecule has 0 atom stereocenters. The van der Waals surface area contributed by atoms with Crippen molar-refractivity contribution in [2.75, 3.05) is 11.9 Å². The maximum atomic E-state index is 12.4. The molecule has 0 aliphatic carbocycles. The normalized spacial score (nSPS) is 9.43. The van der Waals surface area contributed by atoms with E-state index in [4.69, 9.17) is 6.42 Å². The van der Waals surface area contributed by atoms with Crippen LogP contribution in [0.1, 0.15) is 19.3 Å². The summed E-state index contributed by atoms with van der Waals surface area (Å²) in [6.45, 7) is 0.757. The van der Waals surface area contributed by atoms with Crippen molar-refractivity contribution < 1.29 is 4.39 Å². The van der Waals surface area contributed by atoms with Crippen LogP contribution in [0.2, 0.25) is 0 Å². The van der Waals surface area contributed by atoms with Crippen LogP contribution >= 0.6 is 0 Å². The van der Waals surface area contributed by atoms with Crippen LogP contribution < -0.4 is 5.32 Å². The first kappa shape index (κ1) is 10.5. The largest absolute Gasteiger partial charge is 0.354 e. The van der Waals surface area contributed by atoms with Gasteiger partial charge in [0.2, 0.25) is 5.95 Å². The van der Waals surface area contributed by atoms with Crippen LogP contribution in [0.15, 0.2) is 12.4 Å². The number of hydrogen-bond donors (Lipinski definition) is 1. The molecular formula is C10H12FN3. The van der Waals surface area contributed by atoms with Gasteiger partial charge in [-0.25, -0.2) is 14.4 Å². The van der Waals surface area contributed by atoms with Crippen molar-refractivity contribution in [2.45, 2.75) is 19.3 Å². The molecule has 1 aromatic rings. The summed E-state index contributed by atoms with van der Waals surface area (Å²) in [4.78, 5) is 7.52. The van der Waals surface area contributed by atoms with Gasteiger partial charge in [0.15, 0.2) is 5.82 Å². The zero-order valence-electron chi connectivity index (χ0n) is 7.83. The van der Waals surface area contributed by atoms with Crippen LogP contribution in [0.25, 0.3) is 0 Å². The minimum absolute atomic E-state index is 0.428. The lowest BCUT2D eigenvalue weighted by molar-refractivity contribution is 0.614. The maximum absolute atomic E-state index is 12.4. The number of unbranched alkanes of at least 4 members (excludes halogenated alkanes) is 2. The minimum atomic E-state index is -0.428. The third kappa shape index (κ3) is 3.85. The second kappa shape index (κ2) is 5.92. The van der Waals surface area contributed by atoms with Crippen molar-refractivity contribution in [1.82, 2.24) is 9.97 Å². The summed E-state index contributed by atoms with van der Waals surface area (Å²) in [5.41, 5.74) is 0. The van der Waals surface area contributed by atoms with Gasteiger partial charge in [0.25, 0.3) is 0 Å². The lowest BCUT2D eigenvalue weighted by Crippen LogP contribution is -2.05. The van der Waals surface area contributed by atoms with E-state index >= 15 is 0 Å². The molecule has 14 heavy (non-hydrogen) atoms. The van der Waals surface area contributed by atoms with Crippen molar-refractivity contribution in [3.63, 3.8) is 0 Å². The average molecular weight is 193 g/mol. The Hall–Kier alpha value is -1.63. The van der Waals surface area contributed by atoms with E-state index in [9.17, 15) is 4.39 Å². The monoisotopic (exact) mass is 193 g/mol. The van der Waals surface area contributed by atoms with Gasteiger partial charge in [-0.2, -0.15) is 0 Å². The fraction of sp³-hybridized carbons (Fsp3) is 0.400. The zero-order chi connectivity index (χ0) is 10.2. The highest BCUT2D eigenvalue weighted by atomic mass is 19.1. The molecule has 0 bridgehead atoms.